The molecule has 0 radical (unpaired) electrons. The molecule has 0 bridgehead atoms. The monoisotopic (exact) mass is 250 g/mol. The zero-order valence-corrected chi connectivity index (χ0v) is 10.3. The Labute approximate surface area is 106 Å². The Bertz CT molecular complexity index is 420. The number of amides is 1. The molecule has 1 aromatic rings. The second kappa shape index (κ2) is 6.16. The van der Waals surface area contributed by atoms with Gasteiger partial charge in [0.2, 0.25) is 0 Å². The molecule has 0 heterocycles. The van der Waals surface area contributed by atoms with Gasteiger partial charge in [-0.3, -0.25) is 10.5 Å². The Morgan fingerprint density at radius 2 is 1.94 bits per heavy atom. The van der Waals surface area contributed by atoms with Crippen LogP contribution in [0.15, 0.2) is 30.3 Å². The van der Waals surface area contributed by atoms with E-state index in [4.69, 9.17) is 10.8 Å². The molecule has 1 aromatic carbocycles. The lowest BCUT2D eigenvalue weighted by Gasteiger charge is -2.25. The van der Waals surface area contributed by atoms with E-state index in [1.807, 2.05) is 6.92 Å². The Morgan fingerprint density at radius 3 is 2.44 bits per heavy atom. The lowest BCUT2D eigenvalue weighted by atomic mass is 10.0. The number of carboxylic acid groups (broad SMARTS) is 1. The van der Waals surface area contributed by atoms with E-state index in [0.717, 1.165) is 6.42 Å². The van der Waals surface area contributed by atoms with Crippen molar-refractivity contribution in [1.29, 1.82) is 0 Å². The molecule has 4 N–H and O–H groups in total. The molecule has 0 saturated carbocycles. The van der Waals surface area contributed by atoms with Crippen LogP contribution in [0.4, 0.5) is 0 Å². The first-order valence-electron chi connectivity index (χ1n) is 5.89. The molecule has 0 spiro atoms. The Morgan fingerprint density at radius 1 is 1.33 bits per heavy atom. The first-order valence-corrected chi connectivity index (χ1v) is 5.89. The van der Waals surface area contributed by atoms with Crippen LogP contribution >= 0.6 is 0 Å². The zero-order valence-electron chi connectivity index (χ0n) is 10.3. The van der Waals surface area contributed by atoms with Crippen molar-refractivity contribution >= 4 is 11.9 Å². The molecule has 0 aliphatic carbocycles. The molecule has 0 aliphatic rings. The predicted molar refractivity (Wildman–Crippen MR) is 68.0 cm³/mol. The number of carbonyl (C=O) groups excluding carboxylic acids is 1. The third-order valence-electron chi connectivity index (χ3n) is 2.68. The van der Waals surface area contributed by atoms with Crippen LogP contribution in [-0.4, -0.2) is 22.6 Å². The van der Waals surface area contributed by atoms with Gasteiger partial charge < -0.3 is 10.4 Å². The van der Waals surface area contributed by atoms with Crippen molar-refractivity contribution in [3.63, 3.8) is 0 Å². The summed E-state index contributed by atoms with van der Waals surface area (Å²) in [6.07, 6.45) is 1.66. The molecule has 0 aliphatic heterocycles. The molecule has 5 nitrogen and oxygen atoms in total. The lowest BCUT2D eigenvalue weighted by molar-refractivity contribution is -0.144. The van der Waals surface area contributed by atoms with E-state index in [0.29, 0.717) is 12.0 Å². The van der Waals surface area contributed by atoms with Crippen molar-refractivity contribution in [1.82, 2.24) is 5.32 Å². The van der Waals surface area contributed by atoms with Gasteiger partial charge in [-0.25, -0.2) is 4.79 Å². The summed E-state index contributed by atoms with van der Waals surface area (Å²) in [5.41, 5.74) is 4.42. The van der Waals surface area contributed by atoms with Crippen LogP contribution in [0.2, 0.25) is 0 Å². The van der Waals surface area contributed by atoms with Crippen LogP contribution in [0.5, 0.6) is 0 Å². The number of unbranched alkanes of at least 4 members (excludes halogenated alkanes) is 1. The summed E-state index contributed by atoms with van der Waals surface area (Å²) in [7, 11) is 0. The van der Waals surface area contributed by atoms with Gasteiger partial charge in [-0.2, -0.15) is 0 Å². The van der Waals surface area contributed by atoms with Gasteiger partial charge in [0.25, 0.3) is 5.91 Å². The number of carbonyl (C=O) groups is 2. The van der Waals surface area contributed by atoms with E-state index in [1.165, 1.54) is 0 Å². The van der Waals surface area contributed by atoms with Crippen molar-refractivity contribution in [2.45, 2.75) is 31.8 Å². The normalized spacial score (nSPS) is 13.7. The summed E-state index contributed by atoms with van der Waals surface area (Å²) >= 11 is 0. The molecule has 1 rings (SSSR count). The van der Waals surface area contributed by atoms with Gasteiger partial charge in [-0.05, 0) is 25.0 Å². The van der Waals surface area contributed by atoms with E-state index >= 15 is 0 Å². The number of nitrogens with two attached hydrogens (primary N) is 1. The second-order valence-corrected chi connectivity index (χ2v) is 4.20. The second-order valence-electron chi connectivity index (χ2n) is 4.20. The highest BCUT2D eigenvalue weighted by atomic mass is 16.4. The summed E-state index contributed by atoms with van der Waals surface area (Å²) in [6, 6.07) is 8.41. The van der Waals surface area contributed by atoms with E-state index in [1.54, 1.807) is 30.3 Å². The lowest BCUT2D eigenvalue weighted by Crippen LogP contribution is -2.61. The third kappa shape index (κ3) is 3.56. The molecule has 18 heavy (non-hydrogen) atoms. The molecule has 1 unspecified atom stereocenters. The first-order chi connectivity index (χ1) is 8.49. The van der Waals surface area contributed by atoms with Crippen molar-refractivity contribution in [2.75, 3.05) is 0 Å². The molecule has 98 valence electrons. The summed E-state index contributed by atoms with van der Waals surface area (Å²) in [6.45, 7) is 1.93. The molecule has 0 aromatic heterocycles. The minimum absolute atomic E-state index is 0.206. The number of rotatable bonds is 6. The number of nitrogens with one attached hydrogen (secondary N) is 1. The molecule has 0 saturated heterocycles. The van der Waals surface area contributed by atoms with E-state index in [2.05, 4.69) is 5.32 Å². The number of hydrogen-bond donors (Lipinski definition) is 3. The fraction of sp³-hybridized carbons (Fsp3) is 0.385. The Hall–Kier alpha value is -1.88. The van der Waals surface area contributed by atoms with Gasteiger partial charge >= 0.3 is 5.97 Å². The maximum absolute atomic E-state index is 11.9. The number of hydrogen-bond acceptors (Lipinski definition) is 3. The summed E-state index contributed by atoms with van der Waals surface area (Å²) in [5.74, 6) is -1.70. The van der Waals surface area contributed by atoms with Crippen molar-refractivity contribution in [3.05, 3.63) is 35.9 Å². The van der Waals surface area contributed by atoms with Gasteiger partial charge in [-0.1, -0.05) is 31.5 Å². The minimum Gasteiger partial charge on any atom is -0.478 e. The number of aliphatic carboxylic acids is 1. The van der Waals surface area contributed by atoms with Crippen molar-refractivity contribution in [2.24, 2.45) is 5.73 Å². The Balaban J connectivity index is 2.78. The van der Waals surface area contributed by atoms with Crippen LogP contribution in [0.25, 0.3) is 0 Å². The standard InChI is InChI=1S/C13H18N2O3/c1-2-3-9-13(14,12(17)18)15-11(16)10-7-5-4-6-8-10/h4-8H,2-3,9,14H2,1H3,(H,15,16)(H,17,18). The van der Waals surface area contributed by atoms with Gasteiger partial charge in [-0.15, -0.1) is 0 Å². The number of carboxylic acids is 1. The van der Waals surface area contributed by atoms with Crippen LogP contribution in [0, 0.1) is 0 Å². The van der Waals surface area contributed by atoms with Crippen molar-refractivity contribution < 1.29 is 14.7 Å². The smallest absolute Gasteiger partial charge is 0.344 e. The van der Waals surface area contributed by atoms with Gasteiger partial charge in [0.15, 0.2) is 5.66 Å². The average Bonchev–Trinajstić information content (AvgIpc) is 2.37. The fourth-order valence-electron chi connectivity index (χ4n) is 1.54. The average molecular weight is 250 g/mol. The molecule has 1 atom stereocenters. The largest absolute Gasteiger partial charge is 0.478 e. The maximum Gasteiger partial charge on any atom is 0.344 e. The fourth-order valence-corrected chi connectivity index (χ4v) is 1.54. The van der Waals surface area contributed by atoms with E-state index in [9.17, 15) is 9.59 Å². The van der Waals surface area contributed by atoms with Gasteiger partial charge in [0.1, 0.15) is 0 Å². The third-order valence-corrected chi connectivity index (χ3v) is 2.68. The molecule has 5 heteroatoms. The van der Waals surface area contributed by atoms with Crippen LogP contribution in [0.3, 0.4) is 0 Å². The van der Waals surface area contributed by atoms with Crippen LogP contribution < -0.4 is 11.1 Å². The molecular formula is C13H18N2O3. The highest BCUT2D eigenvalue weighted by Gasteiger charge is 2.35. The zero-order chi connectivity index (χ0) is 13.6. The SMILES string of the molecule is CCCCC(N)(NC(=O)c1ccccc1)C(=O)O. The first kappa shape index (κ1) is 14.2. The topological polar surface area (TPSA) is 92.4 Å². The summed E-state index contributed by atoms with van der Waals surface area (Å²) in [5, 5.41) is 11.5. The van der Waals surface area contributed by atoms with Gasteiger partial charge in [0, 0.05) is 5.56 Å². The quantitative estimate of drug-likeness (QED) is 0.664. The Kier molecular flexibility index (Phi) is 4.85. The minimum atomic E-state index is -1.71. The molecular weight excluding hydrogens is 232 g/mol. The van der Waals surface area contributed by atoms with Crippen molar-refractivity contribution in [3.8, 4) is 0 Å². The molecule has 0 fully saturated rings. The van der Waals surface area contributed by atoms with Crippen LogP contribution in [0.1, 0.15) is 36.5 Å². The number of benzene rings is 1. The van der Waals surface area contributed by atoms with E-state index in [-0.39, 0.29) is 6.42 Å². The van der Waals surface area contributed by atoms with Gasteiger partial charge in [0.05, 0.1) is 0 Å². The maximum atomic E-state index is 11.9. The molecule has 1 amide bonds. The highest BCUT2D eigenvalue weighted by Crippen LogP contribution is 2.10. The summed E-state index contributed by atoms with van der Waals surface area (Å²) < 4.78 is 0. The van der Waals surface area contributed by atoms with Crippen LogP contribution in [-0.2, 0) is 4.79 Å². The predicted octanol–water partition coefficient (Wildman–Crippen LogP) is 1.35. The summed E-state index contributed by atoms with van der Waals surface area (Å²) in [4.78, 5) is 23.0. The van der Waals surface area contributed by atoms with E-state index < -0.39 is 17.5 Å². The highest BCUT2D eigenvalue weighted by molar-refractivity contribution is 5.97.